The molecule has 0 N–H and O–H groups in total. The molecule has 1 aromatic carbocycles. The summed E-state index contributed by atoms with van der Waals surface area (Å²) in [6.07, 6.45) is 3.94. The molecule has 3 aromatic rings. The summed E-state index contributed by atoms with van der Waals surface area (Å²) >= 11 is 0. The van der Waals surface area contributed by atoms with E-state index in [-0.39, 0.29) is 5.97 Å². The van der Waals surface area contributed by atoms with Crippen LogP contribution in [-0.2, 0) is 9.53 Å². The van der Waals surface area contributed by atoms with Crippen molar-refractivity contribution in [3.63, 3.8) is 0 Å². The van der Waals surface area contributed by atoms with Crippen LogP contribution in [0.1, 0.15) is 20.8 Å². The average molecular weight is 324 g/mol. The monoisotopic (exact) mass is 324 g/mol. The number of hydrogen-bond acceptors (Lipinski definition) is 4. The summed E-state index contributed by atoms with van der Waals surface area (Å²) in [6.45, 7) is 5.50. The van der Waals surface area contributed by atoms with E-state index in [4.69, 9.17) is 9.47 Å². The molecule has 5 nitrogen and oxygen atoms in total. The van der Waals surface area contributed by atoms with E-state index >= 15 is 0 Å². The van der Waals surface area contributed by atoms with Crippen molar-refractivity contribution in [3.05, 3.63) is 54.9 Å². The van der Waals surface area contributed by atoms with Crippen LogP contribution in [0.15, 0.2) is 54.9 Å². The number of pyridine rings is 1. The first-order valence-corrected chi connectivity index (χ1v) is 7.90. The zero-order valence-corrected chi connectivity index (χ0v) is 14.0. The number of carbonyl (C=O) groups excluding carboxylic acids is 1. The van der Waals surface area contributed by atoms with E-state index in [0.29, 0.717) is 12.4 Å². The van der Waals surface area contributed by atoms with Gasteiger partial charge in [0.1, 0.15) is 11.4 Å². The van der Waals surface area contributed by atoms with E-state index in [9.17, 15) is 4.79 Å². The number of carbonyl (C=O) groups is 1. The van der Waals surface area contributed by atoms with Crippen LogP contribution in [0.3, 0.4) is 0 Å². The van der Waals surface area contributed by atoms with Gasteiger partial charge in [-0.25, -0.2) is 9.78 Å². The number of aromatic nitrogens is 2. The standard InChI is InChI=1S/C19H20N2O3/c1-4-23-18(22)19(2,3)24-15-10-8-14(9-11-15)16-13-21-12-6-5-7-17(21)20-16/h5-13H,4H2,1-3H3. The van der Waals surface area contributed by atoms with Gasteiger partial charge < -0.3 is 13.9 Å². The van der Waals surface area contributed by atoms with Gasteiger partial charge >= 0.3 is 5.97 Å². The number of fused-ring (bicyclic) bond motifs is 1. The molecule has 124 valence electrons. The number of ether oxygens (including phenoxy) is 2. The van der Waals surface area contributed by atoms with E-state index in [1.165, 1.54) is 0 Å². The van der Waals surface area contributed by atoms with Crippen LogP contribution in [0.2, 0.25) is 0 Å². The first-order chi connectivity index (χ1) is 11.5. The fourth-order valence-electron chi connectivity index (χ4n) is 2.41. The summed E-state index contributed by atoms with van der Waals surface area (Å²) in [6, 6.07) is 13.4. The quantitative estimate of drug-likeness (QED) is 0.671. The minimum atomic E-state index is -1.03. The highest BCUT2D eigenvalue weighted by Crippen LogP contribution is 2.25. The summed E-state index contributed by atoms with van der Waals surface area (Å²) in [5.74, 6) is 0.231. The number of rotatable bonds is 5. The van der Waals surface area contributed by atoms with Gasteiger partial charge in [0.15, 0.2) is 5.60 Å². The molecule has 2 aromatic heterocycles. The van der Waals surface area contributed by atoms with E-state index in [0.717, 1.165) is 16.9 Å². The number of imidazole rings is 1. The molecule has 24 heavy (non-hydrogen) atoms. The molecule has 0 atom stereocenters. The largest absolute Gasteiger partial charge is 0.476 e. The van der Waals surface area contributed by atoms with Gasteiger partial charge in [-0.2, -0.15) is 0 Å². The van der Waals surface area contributed by atoms with Crippen LogP contribution < -0.4 is 4.74 Å². The zero-order chi connectivity index (χ0) is 17.2. The third-order valence-corrected chi connectivity index (χ3v) is 3.65. The molecule has 0 saturated heterocycles. The number of benzene rings is 1. The Bertz CT molecular complexity index is 817. The van der Waals surface area contributed by atoms with Crippen LogP contribution in [0.25, 0.3) is 16.9 Å². The lowest BCUT2D eigenvalue weighted by Gasteiger charge is -2.24. The molecule has 0 unspecified atom stereocenters. The molecular weight excluding hydrogens is 304 g/mol. The topological polar surface area (TPSA) is 52.8 Å². The number of esters is 1. The van der Waals surface area contributed by atoms with Gasteiger partial charge in [0.25, 0.3) is 0 Å². The number of nitrogens with zero attached hydrogens (tertiary/aromatic N) is 2. The maximum Gasteiger partial charge on any atom is 0.349 e. The Morgan fingerprint density at radius 3 is 2.58 bits per heavy atom. The van der Waals surface area contributed by atoms with Crippen molar-refractivity contribution in [2.45, 2.75) is 26.4 Å². The lowest BCUT2D eigenvalue weighted by molar-refractivity contribution is -0.158. The predicted molar refractivity (Wildman–Crippen MR) is 92.0 cm³/mol. The smallest absolute Gasteiger partial charge is 0.349 e. The maximum atomic E-state index is 11.9. The van der Waals surface area contributed by atoms with Gasteiger partial charge in [0.05, 0.1) is 12.3 Å². The van der Waals surface area contributed by atoms with Gasteiger partial charge in [-0.3, -0.25) is 0 Å². The van der Waals surface area contributed by atoms with Crippen molar-refractivity contribution >= 4 is 11.6 Å². The second-order valence-electron chi connectivity index (χ2n) is 5.95. The summed E-state index contributed by atoms with van der Waals surface area (Å²) in [5, 5.41) is 0. The maximum absolute atomic E-state index is 11.9. The molecule has 3 rings (SSSR count). The van der Waals surface area contributed by atoms with Crippen molar-refractivity contribution in [3.8, 4) is 17.0 Å². The highest BCUT2D eigenvalue weighted by molar-refractivity contribution is 5.79. The zero-order valence-electron chi connectivity index (χ0n) is 14.0. The fraction of sp³-hybridized carbons (Fsp3) is 0.263. The molecule has 0 aliphatic rings. The number of hydrogen-bond donors (Lipinski definition) is 0. The summed E-state index contributed by atoms with van der Waals surface area (Å²) in [7, 11) is 0. The third-order valence-electron chi connectivity index (χ3n) is 3.65. The average Bonchev–Trinajstić information content (AvgIpc) is 2.99. The second kappa shape index (κ2) is 6.35. The van der Waals surface area contributed by atoms with Crippen LogP contribution in [-0.4, -0.2) is 27.6 Å². The van der Waals surface area contributed by atoms with Gasteiger partial charge in [0, 0.05) is 18.0 Å². The van der Waals surface area contributed by atoms with E-state index < -0.39 is 5.60 Å². The Balaban J connectivity index is 1.79. The molecule has 0 bridgehead atoms. The van der Waals surface area contributed by atoms with E-state index in [2.05, 4.69) is 4.98 Å². The molecule has 0 spiro atoms. The predicted octanol–water partition coefficient (Wildman–Crippen LogP) is 3.72. The lowest BCUT2D eigenvalue weighted by Crippen LogP contribution is -2.39. The Morgan fingerprint density at radius 2 is 1.92 bits per heavy atom. The van der Waals surface area contributed by atoms with Crippen LogP contribution in [0.4, 0.5) is 0 Å². The highest BCUT2D eigenvalue weighted by atomic mass is 16.6. The summed E-state index contributed by atoms with van der Waals surface area (Å²) in [4.78, 5) is 16.5. The Kier molecular flexibility index (Phi) is 4.25. The first kappa shape index (κ1) is 16.1. The minimum Gasteiger partial charge on any atom is -0.476 e. The Hall–Kier alpha value is -2.82. The molecule has 0 fully saturated rings. The minimum absolute atomic E-state index is 0.332. The van der Waals surface area contributed by atoms with E-state index in [1.54, 1.807) is 20.8 Å². The molecule has 0 aliphatic heterocycles. The Morgan fingerprint density at radius 1 is 1.17 bits per heavy atom. The van der Waals surface area contributed by atoms with Crippen molar-refractivity contribution in [2.75, 3.05) is 6.61 Å². The summed E-state index contributed by atoms with van der Waals surface area (Å²) in [5.41, 5.74) is 1.74. The van der Waals surface area contributed by atoms with Crippen molar-refractivity contribution in [2.24, 2.45) is 0 Å². The highest BCUT2D eigenvalue weighted by Gasteiger charge is 2.31. The molecule has 0 amide bonds. The fourth-order valence-corrected chi connectivity index (χ4v) is 2.41. The third kappa shape index (κ3) is 3.25. The van der Waals surface area contributed by atoms with Crippen molar-refractivity contribution < 1.29 is 14.3 Å². The van der Waals surface area contributed by atoms with Crippen LogP contribution in [0.5, 0.6) is 5.75 Å². The van der Waals surface area contributed by atoms with Crippen LogP contribution >= 0.6 is 0 Å². The van der Waals surface area contributed by atoms with Gasteiger partial charge in [-0.15, -0.1) is 0 Å². The molecule has 0 saturated carbocycles. The van der Waals surface area contributed by atoms with Gasteiger partial charge in [-0.1, -0.05) is 6.07 Å². The molecule has 5 heteroatoms. The van der Waals surface area contributed by atoms with Gasteiger partial charge in [-0.05, 0) is 57.2 Å². The SMILES string of the molecule is CCOC(=O)C(C)(C)Oc1ccc(-c2cn3ccccc3n2)cc1. The first-order valence-electron chi connectivity index (χ1n) is 7.90. The molecule has 0 aliphatic carbocycles. The van der Waals surface area contributed by atoms with Gasteiger partial charge in [0.2, 0.25) is 0 Å². The second-order valence-corrected chi connectivity index (χ2v) is 5.95. The Labute approximate surface area is 140 Å². The van der Waals surface area contributed by atoms with Crippen LogP contribution in [0, 0.1) is 0 Å². The molecule has 2 heterocycles. The normalized spacial score (nSPS) is 11.5. The molecule has 0 radical (unpaired) electrons. The van der Waals surface area contributed by atoms with E-state index in [1.807, 2.05) is 59.3 Å². The molecular formula is C19H20N2O3. The van der Waals surface area contributed by atoms with Crippen molar-refractivity contribution in [1.82, 2.24) is 9.38 Å². The van der Waals surface area contributed by atoms with Crippen molar-refractivity contribution in [1.29, 1.82) is 0 Å². The lowest BCUT2D eigenvalue weighted by atomic mass is 10.1. The summed E-state index contributed by atoms with van der Waals surface area (Å²) < 4.78 is 12.8.